The molecule has 204 valence electrons. The molecular formula is C31H39O6P. The summed E-state index contributed by atoms with van der Waals surface area (Å²) in [6, 6.07) is 14.4. The van der Waals surface area contributed by atoms with Gasteiger partial charge in [0.25, 0.3) is 0 Å². The third kappa shape index (κ3) is 7.15. The van der Waals surface area contributed by atoms with Gasteiger partial charge in [-0.3, -0.25) is 9.05 Å². The average Bonchev–Trinajstić information content (AvgIpc) is 2.83. The van der Waals surface area contributed by atoms with E-state index in [0.717, 1.165) is 11.1 Å². The van der Waals surface area contributed by atoms with Crippen molar-refractivity contribution >= 4 is 7.82 Å². The molecule has 0 saturated carbocycles. The first kappa shape index (κ1) is 29.7. The molecule has 0 fully saturated rings. The normalized spacial score (nSPS) is 27.9. The van der Waals surface area contributed by atoms with E-state index in [1.165, 1.54) is 0 Å². The van der Waals surface area contributed by atoms with Crippen molar-refractivity contribution in [2.45, 2.75) is 58.2 Å². The van der Waals surface area contributed by atoms with Crippen LogP contribution in [0.15, 0.2) is 97.1 Å². The van der Waals surface area contributed by atoms with Gasteiger partial charge in [0.15, 0.2) is 0 Å². The minimum absolute atomic E-state index is 0.0152. The highest BCUT2D eigenvalue weighted by Gasteiger charge is 2.43. The van der Waals surface area contributed by atoms with Crippen molar-refractivity contribution in [1.82, 2.24) is 0 Å². The fourth-order valence-electron chi connectivity index (χ4n) is 4.31. The fraction of sp³-hybridized carbons (Fsp3) is 0.355. The minimum Gasteiger partial charge on any atom is -0.508 e. The molecule has 2 aliphatic carbocycles. The van der Waals surface area contributed by atoms with Crippen LogP contribution in [-0.4, -0.2) is 26.3 Å². The number of hydrogen-bond acceptors (Lipinski definition) is 5. The van der Waals surface area contributed by atoms with Crippen molar-refractivity contribution in [3.63, 3.8) is 0 Å². The van der Waals surface area contributed by atoms with Crippen molar-refractivity contribution < 1.29 is 28.7 Å². The Kier molecular flexibility index (Phi) is 8.95. The summed E-state index contributed by atoms with van der Waals surface area (Å²) in [6.45, 7) is 11.7. The largest absolute Gasteiger partial charge is 0.508 e. The zero-order chi connectivity index (χ0) is 28.2. The molecule has 0 aromatic heterocycles. The van der Waals surface area contributed by atoms with E-state index in [0.29, 0.717) is 0 Å². The topological polar surface area (TPSA) is 96.2 Å². The smallest absolute Gasteiger partial charge is 0.473 e. The number of benzene rings is 2. The maximum Gasteiger partial charge on any atom is 0.473 e. The second kappa shape index (κ2) is 11.5. The predicted molar refractivity (Wildman–Crippen MR) is 152 cm³/mol. The van der Waals surface area contributed by atoms with E-state index in [1.54, 1.807) is 50.3 Å². The van der Waals surface area contributed by atoms with Crippen molar-refractivity contribution in [2.75, 3.05) is 0 Å². The van der Waals surface area contributed by atoms with Gasteiger partial charge in [0, 0.05) is 17.3 Å². The van der Waals surface area contributed by atoms with Gasteiger partial charge in [-0.05, 0) is 49.2 Å². The Morgan fingerprint density at radius 3 is 1.37 bits per heavy atom. The molecular weight excluding hydrogens is 499 g/mol. The summed E-state index contributed by atoms with van der Waals surface area (Å²) in [7, 11) is -4.21. The van der Waals surface area contributed by atoms with Crippen LogP contribution in [0, 0.1) is 11.8 Å². The van der Waals surface area contributed by atoms with Crippen LogP contribution in [0.2, 0.25) is 0 Å². The minimum atomic E-state index is -4.21. The quantitative estimate of drug-likeness (QED) is 0.328. The lowest BCUT2D eigenvalue weighted by molar-refractivity contribution is -0.000242. The molecule has 2 aliphatic rings. The highest BCUT2D eigenvalue weighted by atomic mass is 31.2. The Hall–Kier alpha value is -2.89. The molecule has 4 atom stereocenters. The SMILES string of the molecule is CC(C)(c1ccc(O)cc1)c1ccc(O)cc1.CC1C=CC=CC1(C)OP(=O)(O)OC1(C)C=CC=CC1C. The highest BCUT2D eigenvalue weighted by Crippen LogP contribution is 2.54. The van der Waals surface area contributed by atoms with Crippen LogP contribution in [-0.2, 0) is 19.0 Å². The average molecular weight is 539 g/mol. The van der Waals surface area contributed by atoms with E-state index >= 15 is 0 Å². The van der Waals surface area contributed by atoms with Crippen LogP contribution in [0.25, 0.3) is 0 Å². The summed E-state index contributed by atoms with van der Waals surface area (Å²) in [6.07, 6.45) is 14.9. The molecule has 0 bridgehead atoms. The molecule has 0 amide bonds. The maximum atomic E-state index is 12.4. The van der Waals surface area contributed by atoms with Gasteiger partial charge < -0.3 is 15.1 Å². The van der Waals surface area contributed by atoms with Gasteiger partial charge in [0.1, 0.15) is 22.7 Å². The van der Waals surface area contributed by atoms with Crippen LogP contribution in [0.1, 0.15) is 52.7 Å². The summed E-state index contributed by atoms with van der Waals surface area (Å²) >= 11 is 0. The molecule has 0 aliphatic heterocycles. The zero-order valence-corrected chi connectivity index (χ0v) is 23.8. The lowest BCUT2D eigenvalue weighted by atomic mass is 9.78. The molecule has 4 unspecified atom stereocenters. The highest BCUT2D eigenvalue weighted by molar-refractivity contribution is 7.47. The van der Waals surface area contributed by atoms with Gasteiger partial charge in [-0.1, -0.05) is 101 Å². The number of phosphoric ester groups is 1. The predicted octanol–water partition coefficient (Wildman–Crippen LogP) is 7.59. The molecule has 2 aromatic carbocycles. The summed E-state index contributed by atoms with van der Waals surface area (Å²) in [5.41, 5.74) is 0.392. The van der Waals surface area contributed by atoms with E-state index in [-0.39, 0.29) is 28.7 Å². The number of rotatable bonds is 6. The van der Waals surface area contributed by atoms with Crippen LogP contribution < -0.4 is 0 Å². The van der Waals surface area contributed by atoms with Crippen molar-refractivity contribution in [2.24, 2.45) is 11.8 Å². The van der Waals surface area contributed by atoms with Gasteiger partial charge in [-0.15, -0.1) is 0 Å². The summed E-state index contributed by atoms with van der Waals surface area (Å²) < 4.78 is 23.4. The Morgan fingerprint density at radius 2 is 1.05 bits per heavy atom. The van der Waals surface area contributed by atoms with E-state index in [2.05, 4.69) is 13.8 Å². The third-order valence-corrected chi connectivity index (χ3v) is 8.73. The lowest BCUT2D eigenvalue weighted by Gasteiger charge is -2.38. The zero-order valence-electron chi connectivity index (χ0n) is 22.9. The van der Waals surface area contributed by atoms with Crippen LogP contribution >= 0.6 is 7.82 Å². The van der Waals surface area contributed by atoms with Crippen LogP contribution in [0.4, 0.5) is 0 Å². The van der Waals surface area contributed by atoms with Crippen molar-refractivity contribution in [1.29, 1.82) is 0 Å². The Bertz CT molecular complexity index is 1160. The maximum absolute atomic E-state index is 12.4. The van der Waals surface area contributed by atoms with Crippen LogP contribution in [0.5, 0.6) is 11.5 Å². The van der Waals surface area contributed by atoms with Gasteiger partial charge in [0.05, 0.1) is 0 Å². The standard InChI is InChI=1S/C16H23O4P.C15H16O2/c1-13-9-5-7-11-15(13,3)19-21(17,18)20-16(4)12-8-6-10-14(16)2;1-15(2,11-3-7-13(16)8-4-11)12-5-9-14(17)10-6-12/h5-14H,1-4H3,(H,17,18);3-10,16-17H,1-2H3. The van der Waals surface area contributed by atoms with Gasteiger partial charge >= 0.3 is 7.82 Å². The Morgan fingerprint density at radius 1 is 0.711 bits per heavy atom. The van der Waals surface area contributed by atoms with Gasteiger partial charge in [0.2, 0.25) is 0 Å². The number of phosphoric acid groups is 1. The van der Waals surface area contributed by atoms with Gasteiger partial charge in [-0.25, -0.2) is 4.57 Å². The number of hydrogen-bond donors (Lipinski definition) is 3. The first-order valence-corrected chi connectivity index (χ1v) is 14.2. The third-order valence-electron chi connectivity index (χ3n) is 7.49. The van der Waals surface area contributed by atoms with E-state index in [4.69, 9.17) is 9.05 Å². The van der Waals surface area contributed by atoms with E-state index < -0.39 is 19.0 Å². The molecule has 7 heteroatoms. The Balaban J connectivity index is 0.000000215. The molecule has 4 rings (SSSR count). The lowest BCUT2D eigenvalue weighted by Crippen LogP contribution is -2.37. The van der Waals surface area contributed by atoms with E-state index in [1.807, 2.05) is 74.6 Å². The van der Waals surface area contributed by atoms with Crippen molar-refractivity contribution in [3.8, 4) is 11.5 Å². The number of phenols is 2. The molecule has 6 nitrogen and oxygen atoms in total. The van der Waals surface area contributed by atoms with E-state index in [9.17, 15) is 19.7 Å². The second-order valence-corrected chi connectivity index (χ2v) is 12.1. The fourth-order valence-corrected chi connectivity index (χ4v) is 5.79. The number of allylic oxidation sites excluding steroid dienone is 4. The molecule has 0 saturated heterocycles. The molecule has 38 heavy (non-hydrogen) atoms. The molecule has 2 aromatic rings. The van der Waals surface area contributed by atoms with Crippen LogP contribution in [0.3, 0.4) is 0 Å². The molecule has 0 radical (unpaired) electrons. The summed E-state index contributed by atoms with van der Waals surface area (Å²) in [4.78, 5) is 10.2. The van der Waals surface area contributed by atoms with Crippen molar-refractivity contribution in [3.05, 3.63) is 108 Å². The second-order valence-electron chi connectivity index (χ2n) is 10.8. The first-order chi connectivity index (χ1) is 17.7. The monoisotopic (exact) mass is 538 g/mol. The molecule has 3 N–H and O–H groups in total. The molecule has 0 spiro atoms. The summed E-state index contributed by atoms with van der Waals surface area (Å²) in [5.74, 6) is 0.516. The number of aromatic hydroxyl groups is 2. The Labute approximate surface area is 226 Å². The number of phenolic OH excluding ortho intramolecular Hbond substituents is 2. The molecule has 0 heterocycles. The first-order valence-electron chi connectivity index (χ1n) is 12.7. The van der Waals surface area contributed by atoms with Gasteiger partial charge in [-0.2, -0.15) is 0 Å². The summed E-state index contributed by atoms with van der Waals surface area (Å²) in [5, 5.41) is 18.6.